The number of H-pyrrole nitrogens is 1. The monoisotopic (exact) mass is 518 g/mol. The molecule has 2 aromatic rings. The summed E-state index contributed by atoms with van der Waals surface area (Å²) in [4.78, 5) is 64.3. The number of nitrogens with two attached hydrogens (primary N) is 2. The Morgan fingerprint density at radius 3 is 2.22 bits per heavy atom. The van der Waals surface area contributed by atoms with Crippen molar-refractivity contribution in [1.29, 1.82) is 0 Å². The van der Waals surface area contributed by atoms with Crippen LogP contribution in [0.15, 0.2) is 30.5 Å². The summed E-state index contributed by atoms with van der Waals surface area (Å²) in [7, 11) is 0. The van der Waals surface area contributed by atoms with Crippen molar-refractivity contribution >= 4 is 40.5 Å². The van der Waals surface area contributed by atoms with Gasteiger partial charge in [-0.25, -0.2) is 4.79 Å². The summed E-state index contributed by atoms with van der Waals surface area (Å²) in [5.74, 6) is -4.99. The molecule has 0 fully saturated rings. The fraction of sp³-hybridized carbons (Fsp3) is 0.458. The van der Waals surface area contributed by atoms with E-state index in [0.717, 1.165) is 10.9 Å². The third-order valence-corrected chi connectivity index (χ3v) is 6.08. The molecule has 5 atom stereocenters. The average molecular weight is 519 g/mol. The third kappa shape index (κ3) is 8.02. The van der Waals surface area contributed by atoms with Gasteiger partial charge in [-0.05, 0) is 17.5 Å². The molecule has 0 saturated heterocycles. The van der Waals surface area contributed by atoms with Gasteiger partial charge < -0.3 is 42.6 Å². The molecule has 1 aromatic carbocycles. The summed E-state index contributed by atoms with van der Waals surface area (Å²) in [5, 5.41) is 27.2. The smallest absolute Gasteiger partial charge is 0.326 e. The van der Waals surface area contributed by atoms with E-state index >= 15 is 0 Å². The Labute approximate surface area is 213 Å². The predicted molar refractivity (Wildman–Crippen MR) is 134 cm³/mol. The first kappa shape index (κ1) is 29.3. The lowest BCUT2D eigenvalue weighted by Crippen LogP contribution is -2.59. The maximum absolute atomic E-state index is 13.2. The number of fused-ring (bicyclic) bond motifs is 1. The van der Waals surface area contributed by atoms with Crippen molar-refractivity contribution in [3.05, 3.63) is 36.0 Å². The van der Waals surface area contributed by atoms with Crippen LogP contribution in [0.1, 0.15) is 32.3 Å². The van der Waals surface area contributed by atoms with Crippen LogP contribution in [0.25, 0.3) is 10.9 Å². The van der Waals surface area contributed by atoms with E-state index in [1.165, 1.54) is 0 Å². The molecule has 1 heterocycles. The van der Waals surface area contributed by atoms with Crippen LogP contribution in [-0.4, -0.2) is 75.6 Å². The molecule has 0 radical (unpaired) electrons. The van der Waals surface area contributed by atoms with Gasteiger partial charge in [0, 0.05) is 23.5 Å². The molecular formula is C24H34N6O7. The van der Waals surface area contributed by atoms with Gasteiger partial charge in [0.15, 0.2) is 0 Å². The molecular weight excluding hydrogens is 484 g/mol. The second kappa shape index (κ2) is 13.4. The Morgan fingerprint density at radius 2 is 1.62 bits per heavy atom. The van der Waals surface area contributed by atoms with Gasteiger partial charge in [-0.1, -0.05) is 38.5 Å². The highest BCUT2D eigenvalue weighted by Crippen LogP contribution is 2.19. The quantitative estimate of drug-likeness (QED) is 0.146. The van der Waals surface area contributed by atoms with Crippen LogP contribution in [0.4, 0.5) is 0 Å². The predicted octanol–water partition coefficient (Wildman–Crippen LogP) is -1.51. The fourth-order valence-corrected chi connectivity index (χ4v) is 3.72. The lowest BCUT2D eigenvalue weighted by atomic mass is 9.99. The zero-order chi connectivity index (χ0) is 27.7. The SMILES string of the molecule is CCC(C)C(NC(=O)C(CO)NC(=O)C(Cc1c[nH]c2ccccc12)NC(=O)C(N)CC(N)=O)C(=O)O. The van der Waals surface area contributed by atoms with Crippen LogP contribution in [0, 0.1) is 5.92 Å². The molecule has 202 valence electrons. The molecule has 5 unspecified atom stereocenters. The van der Waals surface area contributed by atoms with Crippen LogP contribution in [0.5, 0.6) is 0 Å². The largest absolute Gasteiger partial charge is 0.480 e. The maximum Gasteiger partial charge on any atom is 0.326 e. The standard InChI is InChI=1S/C24H34N6O7/c1-3-12(2)20(24(36)37)30-23(35)18(11-31)29-22(34)17(28-21(33)15(25)9-19(26)32)8-13-10-27-16-7-5-4-6-14(13)16/h4-7,10,12,15,17-18,20,27,31H,3,8-9,11,25H2,1-2H3,(H2,26,32)(H,28,33)(H,29,34)(H,30,35)(H,36,37). The number of benzene rings is 1. The highest BCUT2D eigenvalue weighted by molar-refractivity contribution is 5.95. The number of para-hydroxylation sites is 1. The van der Waals surface area contributed by atoms with Crippen molar-refractivity contribution in [2.45, 2.75) is 57.3 Å². The molecule has 37 heavy (non-hydrogen) atoms. The highest BCUT2D eigenvalue weighted by atomic mass is 16.4. The number of hydrogen-bond acceptors (Lipinski definition) is 7. The normalized spacial score (nSPS) is 15.1. The van der Waals surface area contributed by atoms with Crippen LogP contribution in [0.3, 0.4) is 0 Å². The molecule has 10 N–H and O–H groups in total. The first-order chi connectivity index (χ1) is 17.5. The zero-order valence-electron chi connectivity index (χ0n) is 20.7. The molecule has 13 heteroatoms. The van der Waals surface area contributed by atoms with Gasteiger partial charge in [-0.3, -0.25) is 19.2 Å². The maximum atomic E-state index is 13.2. The number of carboxylic acid groups (broad SMARTS) is 1. The Morgan fingerprint density at radius 1 is 1.00 bits per heavy atom. The number of carbonyl (C=O) groups is 5. The Bertz CT molecular complexity index is 1130. The van der Waals surface area contributed by atoms with Crippen molar-refractivity contribution in [2.75, 3.05) is 6.61 Å². The van der Waals surface area contributed by atoms with Crippen molar-refractivity contribution in [3.63, 3.8) is 0 Å². The number of carbonyl (C=O) groups excluding carboxylic acids is 4. The Hall–Kier alpha value is -3.97. The van der Waals surface area contributed by atoms with Crippen LogP contribution >= 0.6 is 0 Å². The van der Waals surface area contributed by atoms with Gasteiger partial charge in [-0.15, -0.1) is 0 Å². The number of rotatable bonds is 14. The topological polar surface area (TPSA) is 230 Å². The molecule has 0 aliphatic carbocycles. The van der Waals surface area contributed by atoms with Crippen molar-refractivity contribution < 1.29 is 34.2 Å². The number of nitrogens with one attached hydrogen (secondary N) is 4. The number of aromatic nitrogens is 1. The minimum atomic E-state index is -1.49. The summed E-state index contributed by atoms with van der Waals surface area (Å²) in [5.41, 5.74) is 12.3. The van der Waals surface area contributed by atoms with Crippen LogP contribution in [0.2, 0.25) is 0 Å². The second-order valence-electron chi connectivity index (χ2n) is 8.86. The Kier molecular flexibility index (Phi) is 10.6. The molecule has 4 amide bonds. The number of aliphatic carboxylic acids is 1. The van der Waals surface area contributed by atoms with Crippen molar-refractivity contribution in [3.8, 4) is 0 Å². The van der Waals surface area contributed by atoms with E-state index in [1.807, 2.05) is 18.2 Å². The summed E-state index contributed by atoms with van der Waals surface area (Å²) < 4.78 is 0. The highest BCUT2D eigenvalue weighted by Gasteiger charge is 2.32. The number of carboxylic acids is 1. The van der Waals surface area contributed by atoms with Crippen molar-refractivity contribution in [2.24, 2.45) is 17.4 Å². The number of aliphatic hydroxyl groups is 1. The van der Waals surface area contributed by atoms with E-state index in [4.69, 9.17) is 11.5 Å². The van der Waals surface area contributed by atoms with E-state index in [2.05, 4.69) is 20.9 Å². The molecule has 0 aliphatic rings. The van der Waals surface area contributed by atoms with Gasteiger partial charge in [0.2, 0.25) is 23.6 Å². The third-order valence-electron chi connectivity index (χ3n) is 6.08. The van der Waals surface area contributed by atoms with Gasteiger partial charge in [0.05, 0.1) is 19.1 Å². The minimum Gasteiger partial charge on any atom is -0.480 e. The molecule has 0 spiro atoms. The van der Waals surface area contributed by atoms with Gasteiger partial charge in [0.25, 0.3) is 0 Å². The summed E-state index contributed by atoms with van der Waals surface area (Å²) in [6.07, 6.45) is 1.67. The fourth-order valence-electron chi connectivity index (χ4n) is 3.72. The zero-order valence-corrected chi connectivity index (χ0v) is 20.7. The van der Waals surface area contributed by atoms with Gasteiger partial charge in [0.1, 0.15) is 18.1 Å². The molecule has 13 nitrogen and oxygen atoms in total. The molecule has 1 aromatic heterocycles. The molecule has 0 bridgehead atoms. The summed E-state index contributed by atoms with van der Waals surface area (Å²) >= 11 is 0. The first-order valence-electron chi connectivity index (χ1n) is 11.8. The van der Waals surface area contributed by atoms with Crippen molar-refractivity contribution in [1.82, 2.24) is 20.9 Å². The number of amides is 4. The molecule has 0 saturated carbocycles. The summed E-state index contributed by atoms with van der Waals surface area (Å²) in [6, 6.07) is 2.01. The van der Waals surface area contributed by atoms with E-state index in [-0.39, 0.29) is 6.42 Å². The Balaban J connectivity index is 2.25. The molecule has 0 aliphatic heterocycles. The number of primary amides is 1. The summed E-state index contributed by atoms with van der Waals surface area (Å²) in [6.45, 7) is 2.59. The number of aliphatic hydroxyl groups excluding tert-OH is 1. The first-order valence-corrected chi connectivity index (χ1v) is 11.8. The van der Waals surface area contributed by atoms with Crippen LogP contribution in [-0.2, 0) is 30.4 Å². The van der Waals surface area contributed by atoms with Crippen LogP contribution < -0.4 is 27.4 Å². The van der Waals surface area contributed by atoms with E-state index in [0.29, 0.717) is 12.0 Å². The number of aromatic amines is 1. The van der Waals surface area contributed by atoms with Gasteiger partial charge in [-0.2, -0.15) is 0 Å². The average Bonchev–Trinajstić information content (AvgIpc) is 3.26. The van der Waals surface area contributed by atoms with E-state index in [1.54, 1.807) is 26.1 Å². The molecule has 2 rings (SSSR count). The van der Waals surface area contributed by atoms with Gasteiger partial charge >= 0.3 is 5.97 Å². The van der Waals surface area contributed by atoms with E-state index in [9.17, 15) is 34.2 Å². The second-order valence-corrected chi connectivity index (χ2v) is 8.86. The lowest BCUT2D eigenvalue weighted by Gasteiger charge is -2.25. The van der Waals surface area contributed by atoms with E-state index < -0.39 is 72.7 Å². The number of hydrogen-bond donors (Lipinski definition) is 8. The minimum absolute atomic E-state index is 0.0186. The lowest BCUT2D eigenvalue weighted by molar-refractivity contribution is -0.144.